The van der Waals surface area contributed by atoms with E-state index in [0.717, 1.165) is 62.9 Å². The molecule has 28 heavy (non-hydrogen) atoms. The molecule has 1 saturated heterocycles. The first-order valence-electron chi connectivity index (χ1n) is 9.14. The van der Waals surface area contributed by atoms with Crippen LogP contribution in [0.1, 0.15) is 12.1 Å². The summed E-state index contributed by atoms with van der Waals surface area (Å²) in [6.45, 7) is 5.90. The lowest BCUT2D eigenvalue weighted by molar-refractivity contribution is 0.0376. The van der Waals surface area contributed by atoms with Crippen molar-refractivity contribution in [3.8, 4) is 11.4 Å². The van der Waals surface area contributed by atoms with Gasteiger partial charge in [0.25, 0.3) is 0 Å². The zero-order valence-corrected chi connectivity index (χ0v) is 18.4. The number of benzene rings is 1. The minimum absolute atomic E-state index is 0. The summed E-state index contributed by atoms with van der Waals surface area (Å²) in [5, 5.41) is 11.4. The second-order valence-corrected chi connectivity index (χ2v) is 6.29. The second kappa shape index (κ2) is 11.8. The number of nitrogens with one attached hydrogen (secondary N) is 1. The maximum absolute atomic E-state index is 5.93. The summed E-state index contributed by atoms with van der Waals surface area (Å²) in [6.07, 6.45) is 2.86. The number of hydrogen-bond acceptors (Lipinski definition) is 6. The van der Waals surface area contributed by atoms with Crippen LogP contribution < -0.4 is 15.8 Å². The maximum Gasteiger partial charge on any atom is 0.188 e. The number of aromatic nitrogens is 3. The fourth-order valence-corrected chi connectivity index (χ4v) is 2.80. The molecular weight excluding hydrogens is 473 g/mol. The van der Waals surface area contributed by atoms with Gasteiger partial charge in [-0.05, 0) is 37.2 Å². The second-order valence-electron chi connectivity index (χ2n) is 6.29. The van der Waals surface area contributed by atoms with Gasteiger partial charge < -0.3 is 20.5 Å². The van der Waals surface area contributed by atoms with Crippen molar-refractivity contribution in [1.82, 2.24) is 25.2 Å². The fraction of sp³-hybridized carbons (Fsp3) is 0.500. The van der Waals surface area contributed by atoms with Crippen LogP contribution in [0.3, 0.4) is 0 Å². The Hall–Kier alpha value is -1.92. The van der Waals surface area contributed by atoms with Crippen LogP contribution in [0.15, 0.2) is 35.5 Å². The molecule has 154 valence electrons. The highest BCUT2D eigenvalue weighted by Crippen LogP contribution is 2.14. The molecule has 0 unspecified atom stereocenters. The molecule has 0 saturated carbocycles. The van der Waals surface area contributed by atoms with E-state index in [1.54, 1.807) is 11.8 Å². The molecule has 0 radical (unpaired) electrons. The third kappa shape index (κ3) is 6.91. The first kappa shape index (κ1) is 22.4. The average Bonchev–Trinajstić information content (AvgIpc) is 3.19. The van der Waals surface area contributed by atoms with Crippen molar-refractivity contribution in [3.63, 3.8) is 0 Å². The number of nitrogens with zero attached hydrogens (tertiary/aromatic N) is 5. The summed E-state index contributed by atoms with van der Waals surface area (Å²) in [6, 6.07) is 7.61. The van der Waals surface area contributed by atoms with Crippen LogP contribution in [0.4, 0.5) is 0 Å². The van der Waals surface area contributed by atoms with Gasteiger partial charge in [0.15, 0.2) is 5.96 Å². The van der Waals surface area contributed by atoms with Gasteiger partial charge in [-0.1, -0.05) is 5.21 Å². The van der Waals surface area contributed by atoms with Gasteiger partial charge in [-0.2, -0.15) is 0 Å². The molecule has 0 aliphatic carbocycles. The highest BCUT2D eigenvalue weighted by atomic mass is 127. The number of rotatable bonds is 8. The predicted molar refractivity (Wildman–Crippen MR) is 119 cm³/mol. The van der Waals surface area contributed by atoms with Gasteiger partial charge >= 0.3 is 0 Å². The third-order valence-electron chi connectivity index (χ3n) is 4.35. The lowest BCUT2D eigenvalue weighted by Gasteiger charge is -2.26. The smallest absolute Gasteiger partial charge is 0.188 e. The van der Waals surface area contributed by atoms with Crippen LogP contribution >= 0.6 is 24.0 Å². The molecule has 3 rings (SSSR count). The van der Waals surface area contributed by atoms with Gasteiger partial charge in [0.2, 0.25) is 0 Å². The van der Waals surface area contributed by atoms with E-state index in [4.69, 9.17) is 15.2 Å². The molecule has 1 aliphatic rings. The number of guanidine groups is 1. The molecule has 0 spiro atoms. The summed E-state index contributed by atoms with van der Waals surface area (Å²) in [4.78, 5) is 6.73. The van der Waals surface area contributed by atoms with Crippen LogP contribution in [-0.4, -0.2) is 72.4 Å². The summed E-state index contributed by atoms with van der Waals surface area (Å²) in [5.74, 6) is 1.23. The Balaban J connectivity index is 0.00000280. The molecule has 1 aromatic heterocycles. The lowest BCUT2D eigenvalue weighted by Crippen LogP contribution is -2.39. The molecule has 2 heterocycles. The summed E-state index contributed by atoms with van der Waals surface area (Å²) >= 11 is 0. The zero-order valence-electron chi connectivity index (χ0n) is 16.1. The van der Waals surface area contributed by atoms with Crippen LogP contribution in [-0.2, 0) is 11.3 Å². The first-order chi connectivity index (χ1) is 13.2. The molecule has 1 aliphatic heterocycles. The van der Waals surface area contributed by atoms with Crippen molar-refractivity contribution < 1.29 is 9.47 Å². The summed E-state index contributed by atoms with van der Waals surface area (Å²) in [5.41, 5.74) is 7.59. The van der Waals surface area contributed by atoms with Gasteiger partial charge in [-0.25, -0.2) is 9.67 Å². The lowest BCUT2D eigenvalue weighted by atomic mass is 10.3. The molecular formula is C18H28IN7O2. The molecule has 0 atom stereocenters. The van der Waals surface area contributed by atoms with E-state index in [0.29, 0.717) is 12.5 Å². The number of aliphatic imine (C=N–C) groups is 1. The number of hydrogen-bond donors (Lipinski definition) is 2. The van der Waals surface area contributed by atoms with Gasteiger partial charge in [0.1, 0.15) is 11.4 Å². The van der Waals surface area contributed by atoms with Gasteiger partial charge in [0, 0.05) is 19.6 Å². The van der Waals surface area contributed by atoms with Gasteiger partial charge in [0.05, 0.1) is 38.8 Å². The number of nitrogens with two attached hydrogens (primary N) is 1. The fourth-order valence-electron chi connectivity index (χ4n) is 2.80. The van der Waals surface area contributed by atoms with Crippen molar-refractivity contribution in [2.45, 2.75) is 13.0 Å². The minimum atomic E-state index is 0. The number of ether oxygens (including phenoxy) is 2. The highest BCUT2D eigenvalue weighted by molar-refractivity contribution is 14.0. The first-order valence-corrected chi connectivity index (χ1v) is 9.14. The Bertz CT molecular complexity index is 730. The molecule has 1 fully saturated rings. The Morgan fingerprint density at radius 3 is 2.75 bits per heavy atom. The molecule has 10 heteroatoms. The van der Waals surface area contributed by atoms with Crippen LogP contribution in [0.5, 0.6) is 5.75 Å². The van der Waals surface area contributed by atoms with E-state index in [1.807, 2.05) is 30.5 Å². The minimum Gasteiger partial charge on any atom is -0.497 e. The van der Waals surface area contributed by atoms with Gasteiger partial charge in [-0.3, -0.25) is 4.90 Å². The maximum atomic E-state index is 5.93. The van der Waals surface area contributed by atoms with E-state index < -0.39 is 0 Å². The topological polar surface area (TPSA) is 103 Å². The average molecular weight is 501 g/mol. The molecule has 9 nitrogen and oxygen atoms in total. The normalized spacial score (nSPS) is 15.1. The van der Waals surface area contributed by atoms with E-state index in [1.165, 1.54) is 0 Å². The van der Waals surface area contributed by atoms with Gasteiger partial charge in [-0.15, -0.1) is 29.1 Å². The number of methoxy groups -OCH3 is 1. The third-order valence-corrected chi connectivity index (χ3v) is 4.35. The Morgan fingerprint density at radius 2 is 2.04 bits per heavy atom. The van der Waals surface area contributed by atoms with Crippen LogP contribution in [0.25, 0.3) is 5.69 Å². The summed E-state index contributed by atoms with van der Waals surface area (Å²) in [7, 11) is 1.64. The van der Waals surface area contributed by atoms with E-state index in [9.17, 15) is 0 Å². The SMILES string of the molecule is COc1ccc(-n2cc(CN=C(N)NCCCN3CCOCC3)nn2)cc1.I. The molecule has 0 bridgehead atoms. The molecule has 2 aromatic rings. The van der Waals surface area contributed by atoms with E-state index in [2.05, 4.69) is 25.5 Å². The van der Waals surface area contributed by atoms with Crippen LogP contribution in [0, 0.1) is 0 Å². The largest absolute Gasteiger partial charge is 0.497 e. The highest BCUT2D eigenvalue weighted by Gasteiger charge is 2.09. The number of morpholine rings is 1. The van der Waals surface area contributed by atoms with Crippen molar-refractivity contribution >= 4 is 29.9 Å². The van der Waals surface area contributed by atoms with Crippen molar-refractivity contribution in [1.29, 1.82) is 0 Å². The van der Waals surface area contributed by atoms with Crippen molar-refractivity contribution in [2.24, 2.45) is 10.7 Å². The quantitative estimate of drug-likeness (QED) is 0.241. The molecule has 3 N–H and O–H groups in total. The Labute approximate surface area is 182 Å². The monoisotopic (exact) mass is 501 g/mol. The van der Waals surface area contributed by atoms with E-state index >= 15 is 0 Å². The summed E-state index contributed by atoms with van der Waals surface area (Å²) < 4.78 is 12.2. The molecule has 1 aromatic carbocycles. The standard InChI is InChI=1S/C18H27N7O2.HI/c1-26-17-5-3-16(4-6-17)25-14-15(22-23-25)13-21-18(19)20-7-2-8-24-9-11-27-12-10-24;/h3-6,14H,2,7-13H2,1H3,(H3,19,20,21);1H. The van der Waals surface area contributed by atoms with Crippen molar-refractivity contribution in [3.05, 3.63) is 36.2 Å². The number of halogens is 1. The Morgan fingerprint density at radius 1 is 1.29 bits per heavy atom. The Kier molecular flexibility index (Phi) is 9.44. The van der Waals surface area contributed by atoms with Crippen molar-refractivity contribution in [2.75, 3.05) is 46.5 Å². The van der Waals surface area contributed by atoms with E-state index in [-0.39, 0.29) is 24.0 Å². The predicted octanol–water partition coefficient (Wildman–Crippen LogP) is 1.02. The molecule has 0 amide bonds. The van der Waals surface area contributed by atoms with Crippen LogP contribution in [0.2, 0.25) is 0 Å². The zero-order chi connectivity index (χ0) is 18.9.